The van der Waals surface area contributed by atoms with Gasteiger partial charge in [0, 0.05) is 58.5 Å². The monoisotopic (exact) mass is 615 g/mol. The predicted molar refractivity (Wildman–Crippen MR) is 142 cm³/mol. The molecular weight excluding hydrogens is 583 g/mol. The summed E-state index contributed by atoms with van der Waals surface area (Å²) < 4.78 is 94.2. The molecule has 2 atom stereocenters. The molecule has 2 fully saturated rings. The molecular formula is C30H32F7N3O3. The van der Waals surface area contributed by atoms with Gasteiger partial charge in [-0.1, -0.05) is 6.07 Å². The molecule has 0 aliphatic carbocycles. The Morgan fingerprint density at radius 3 is 1.98 bits per heavy atom. The van der Waals surface area contributed by atoms with E-state index in [4.69, 9.17) is 0 Å². The first-order chi connectivity index (χ1) is 20.0. The maximum atomic E-state index is 13.9. The Morgan fingerprint density at radius 2 is 1.47 bits per heavy atom. The van der Waals surface area contributed by atoms with Gasteiger partial charge >= 0.3 is 12.4 Å². The van der Waals surface area contributed by atoms with Crippen molar-refractivity contribution in [1.82, 2.24) is 14.7 Å². The zero-order chi connectivity index (χ0) is 31.9. The Kier molecular flexibility index (Phi) is 9.13. The third kappa shape index (κ3) is 7.30. The van der Waals surface area contributed by atoms with E-state index >= 15 is 0 Å². The van der Waals surface area contributed by atoms with Crippen molar-refractivity contribution >= 4 is 17.7 Å². The highest BCUT2D eigenvalue weighted by molar-refractivity contribution is 5.84. The fourth-order valence-corrected chi connectivity index (χ4v) is 6.05. The molecule has 0 saturated carbocycles. The second kappa shape index (κ2) is 12.2. The lowest BCUT2D eigenvalue weighted by atomic mass is 9.85. The molecule has 0 radical (unpaired) electrons. The third-order valence-electron chi connectivity index (χ3n) is 8.31. The van der Waals surface area contributed by atoms with Gasteiger partial charge in [0.25, 0.3) is 0 Å². The molecule has 13 heteroatoms. The summed E-state index contributed by atoms with van der Waals surface area (Å²) in [6.45, 7) is 3.53. The van der Waals surface area contributed by atoms with Crippen LogP contribution in [0.4, 0.5) is 30.7 Å². The van der Waals surface area contributed by atoms with Gasteiger partial charge in [0.15, 0.2) is 0 Å². The molecule has 234 valence electrons. The average molecular weight is 616 g/mol. The van der Waals surface area contributed by atoms with E-state index in [1.807, 2.05) is 0 Å². The second-order valence-electron chi connectivity index (χ2n) is 11.3. The van der Waals surface area contributed by atoms with Gasteiger partial charge in [-0.15, -0.1) is 0 Å². The first-order valence-electron chi connectivity index (χ1n) is 13.8. The molecule has 2 aromatic rings. The first kappa shape index (κ1) is 32.3. The number of alkyl halides is 6. The van der Waals surface area contributed by atoms with Crippen molar-refractivity contribution in [2.75, 3.05) is 33.2 Å². The summed E-state index contributed by atoms with van der Waals surface area (Å²) in [6, 6.07) is 5.25. The van der Waals surface area contributed by atoms with Crippen molar-refractivity contribution < 1.29 is 45.1 Å². The van der Waals surface area contributed by atoms with E-state index in [-0.39, 0.29) is 42.5 Å². The SMILES string of the molecule is CC(=O)N1CCC(C(=O)N2C[C@H](C(=O)N(C)Cc3cc(C(F)(F)F)cc(C(F)(F)F)c3)[C@@H](c3ccc(F)cc3C)C2)CC1. The van der Waals surface area contributed by atoms with E-state index in [0.29, 0.717) is 49.2 Å². The van der Waals surface area contributed by atoms with Crippen LogP contribution in [0.2, 0.25) is 0 Å². The molecule has 43 heavy (non-hydrogen) atoms. The molecule has 2 aromatic carbocycles. The van der Waals surface area contributed by atoms with Crippen LogP contribution in [0, 0.1) is 24.6 Å². The molecule has 3 amide bonds. The normalized spacial score (nSPS) is 20.0. The zero-order valence-corrected chi connectivity index (χ0v) is 23.9. The van der Waals surface area contributed by atoms with Crippen LogP contribution in [0.15, 0.2) is 36.4 Å². The number of hydrogen-bond donors (Lipinski definition) is 0. The van der Waals surface area contributed by atoms with E-state index in [1.54, 1.807) is 16.7 Å². The van der Waals surface area contributed by atoms with Crippen LogP contribution in [-0.4, -0.2) is 65.6 Å². The topological polar surface area (TPSA) is 60.9 Å². The van der Waals surface area contributed by atoms with E-state index < -0.39 is 53.6 Å². The summed E-state index contributed by atoms with van der Waals surface area (Å²) >= 11 is 0. The molecule has 2 saturated heterocycles. The van der Waals surface area contributed by atoms with Gasteiger partial charge in [0.05, 0.1) is 17.0 Å². The van der Waals surface area contributed by atoms with Gasteiger partial charge in [-0.2, -0.15) is 26.3 Å². The van der Waals surface area contributed by atoms with Crippen molar-refractivity contribution in [3.8, 4) is 0 Å². The van der Waals surface area contributed by atoms with E-state index in [1.165, 1.54) is 32.2 Å². The van der Waals surface area contributed by atoms with E-state index in [2.05, 4.69) is 0 Å². The quantitative estimate of drug-likeness (QED) is 0.410. The Balaban J connectivity index is 1.60. The summed E-state index contributed by atoms with van der Waals surface area (Å²) in [7, 11) is 1.28. The molecule has 6 nitrogen and oxygen atoms in total. The summed E-state index contributed by atoms with van der Waals surface area (Å²) in [5.41, 5.74) is -2.15. The van der Waals surface area contributed by atoms with Crippen LogP contribution < -0.4 is 0 Å². The number of aryl methyl sites for hydroxylation is 1. The molecule has 0 spiro atoms. The van der Waals surface area contributed by atoms with Gasteiger partial charge in [-0.25, -0.2) is 4.39 Å². The lowest BCUT2D eigenvalue weighted by Gasteiger charge is -2.32. The molecule has 0 bridgehead atoms. The predicted octanol–water partition coefficient (Wildman–Crippen LogP) is 5.63. The fourth-order valence-electron chi connectivity index (χ4n) is 6.05. The molecule has 2 aliphatic rings. The Hall–Kier alpha value is -3.64. The smallest absolute Gasteiger partial charge is 0.343 e. The van der Waals surface area contributed by atoms with Gasteiger partial charge in [0.2, 0.25) is 17.7 Å². The third-order valence-corrected chi connectivity index (χ3v) is 8.31. The number of nitrogens with zero attached hydrogens (tertiary/aromatic N) is 3. The van der Waals surface area contributed by atoms with Gasteiger partial charge in [-0.05, 0) is 66.8 Å². The van der Waals surface area contributed by atoms with Crippen molar-refractivity contribution in [2.45, 2.75) is 51.5 Å². The number of amides is 3. The minimum atomic E-state index is -5.03. The fraction of sp³-hybridized carbons (Fsp3) is 0.500. The molecule has 4 rings (SSSR count). The Morgan fingerprint density at radius 1 is 0.884 bits per heavy atom. The highest BCUT2D eigenvalue weighted by atomic mass is 19.4. The van der Waals surface area contributed by atoms with Crippen LogP contribution in [0.5, 0.6) is 0 Å². The maximum Gasteiger partial charge on any atom is 0.416 e. The number of likely N-dealkylation sites (tertiary alicyclic amines) is 2. The summed E-state index contributed by atoms with van der Waals surface area (Å²) in [5, 5.41) is 0. The highest BCUT2D eigenvalue weighted by Gasteiger charge is 2.44. The first-order valence-corrected chi connectivity index (χ1v) is 13.8. The van der Waals surface area contributed by atoms with Crippen molar-refractivity contribution in [2.24, 2.45) is 11.8 Å². The Labute approximate surface area is 244 Å². The van der Waals surface area contributed by atoms with Crippen LogP contribution >= 0.6 is 0 Å². The molecule has 0 unspecified atom stereocenters. The molecule has 2 heterocycles. The number of hydrogen-bond acceptors (Lipinski definition) is 3. The average Bonchev–Trinajstić information content (AvgIpc) is 3.36. The standard InChI is InChI=1S/C30H32F7N3O3/c1-17-10-23(31)4-5-24(17)25-15-40(27(42)20-6-8-39(9-7-20)18(2)41)16-26(25)28(43)38(3)14-19-11-21(29(32,33)34)13-22(12-19)30(35,36)37/h4-5,10-13,20,25-26H,6-9,14-16H2,1-3H3/t25-,26+/m1/s1. The van der Waals surface area contributed by atoms with Crippen LogP contribution in [-0.2, 0) is 33.3 Å². The number of carbonyl (C=O) groups excluding carboxylic acids is 3. The molecule has 0 N–H and O–H groups in total. The number of halogens is 7. The number of rotatable bonds is 5. The largest absolute Gasteiger partial charge is 0.416 e. The molecule has 0 aromatic heterocycles. The van der Waals surface area contributed by atoms with Crippen LogP contribution in [0.3, 0.4) is 0 Å². The maximum absolute atomic E-state index is 13.9. The van der Waals surface area contributed by atoms with Crippen molar-refractivity contribution in [3.63, 3.8) is 0 Å². The Bertz CT molecular complexity index is 1350. The van der Waals surface area contributed by atoms with Crippen LogP contribution in [0.25, 0.3) is 0 Å². The minimum Gasteiger partial charge on any atom is -0.343 e. The van der Waals surface area contributed by atoms with Crippen molar-refractivity contribution in [1.29, 1.82) is 0 Å². The summed E-state index contributed by atoms with van der Waals surface area (Å²) in [4.78, 5) is 43.2. The zero-order valence-electron chi connectivity index (χ0n) is 23.9. The van der Waals surface area contributed by atoms with Gasteiger partial charge in [-0.3, -0.25) is 14.4 Å². The number of benzene rings is 2. The lowest BCUT2D eigenvalue weighted by Crippen LogP contribution is -2.43. The second-order valence-corrected chi connectivity index (χ2v) is 11.3. The van der Waals surface area contributed by atoms with Crippen molar-refractivity contribution in [3.05, 3.63) is 70.0 Å². The van der Waals surface area contributed by atoms with Gasteiger partial charge < -0.3 is 14.7 Å². The van der Waals surface area contributed by atoms with E-state index in [9.17, 15) is 45.1 Å². The van der Waals surface area contributed by atoms with E-state index in [0.717, 1.165) is 4.90 Å². The number of carbonyl (C=O) groups is 3. The number of piperidine rings is 1. The highest BCUT2D eigenvalue weighted by Crippen LogP contribution is 2.39. The lowest BCUT2D eigenvalue weighted by molar-refractivity contribution is -0.143. The summed E-state index contributed by atoms with van der Waals surface area (Å²) in [6.07, 6.45) is -9.16. The minimum absolute atomic E-state index is 0.0210. The van der Waals surface area contributed by atoms with Gasteiger partial charge in [0.1, 0.15) is 5.82 Å². The molecule has 2 aliphatic heterocycles. The van der Waals surface area contributed by atoms with Crippen LogP contribution in [0.1, 0.15) is 53.5 Å². The summed E-state index contributed by atoms with van der Waals surface area (Å²) in [5.74, 6) is -3.17.